The number of carbonyl (C=O) groups excluding carboxylic acids is 2. The lowest BCUT2D eigenvalue weighted by Gasteiger charge is -2.34. The zero-order chi connectivity index (χ0) is 33.3. The first-order valence-electron chi connectivity index (χ1n) is 14.9. The van der Waals surface area contributed by atoms with E-state index < -0.39 is 28.5 Å². The molecule has 1 atom stereocenters. The van der Waals surface area contributed by atoms with Gasteiger partial charge in [-0.2, -0.15) is 0 Å². The van der Waals surface area contributed by atoms with Crippen molar-refractivity contribution in [3.8, 4) is 0 Å². The first-order valence-corrected chi connectivity index (χ1v) is 17.5. The van der Waals surface area contributed by atoms with Crippen molar-refractivity contribution in [1.82, 2.24) is 10.2 Å². The minimum absolute atomic E-state index is 0.0197. The molecule has 0 heterocycles. The topological polar surface area (TPSA) is 86.8 Å². The monoisotopic (exact) mass is 699 g/mol. The maximum Gasteiger partial charge on any atom is 0.264 e. The summed E-state index contributed by atoms with van der Waals surface area (Å²) in [6.45, 7) is 3.59. The third-order valence-corrected chi connectivity index (χ3v) is 10.2. The predicted molar refractivity (Wildman–Crippen MR) is 186 cm³/mol. The quantitative estimate of drug-likeness (QED) is 0.137. The molecule has 0 aliphatic heterocycles. The molecule has 0 fully saturated rings. The molecule has 0 aliphatic carbocycles. The van der Waals surface area contributed by atoms with Gasteiger partial charge in [-0.3, -0.25) is 13.9 Å². The van der Waals surface area contributed by atoms with Gasteiger partial charge in [0.25, 0.3) is 10.0 Å². The molecule has 2 amide bonds. The van der Waals surface area contributed by atoms with Gasteiger partial charge in [0.15, 0.2) is 0 Å². The summed E-state index contributed by atoms with van der Waals surface area (Å²) in [7, 11) is -4.22. The summed E-state index contributed by atoms with van der Waals surface area (Å²) in [5, 5.41) is 4.05. The van der Waals surface area contributed by atoms with Crippen LogP contribution in [0.4, 0.5) is 5.69 Å². The number of rotatable bonds is 14. The number of halogens is 3. The highest BCUT2D eigenvalue weighted by molar-refractivity contribution is 7.92. The molecular formula is C35H36Cl3N3O4S. The van der Waals surface area contributed by atoms with Crippen LogP contribution in [0, 0.1) is 6.92 Å². The van der Waals surface area contributed by atoms with Crippen LogP contribution in [0.5, 0.6) is 0 Å². The molecule has 0 bridgehead atoms. The van der Waals surface area contributed by atoms with Crippen LogP contribution < -0.4 is 9.62 Å². The van der Waals surface area contributed by atoms with E-state index in [-0.39, 0.29) is 23.8 Å². The SMILES string of the molecule is CCCCNC(=O)[C@@H](Cc1ccccc1)N(Cc1ccc(Cl)c(Cl)c1)C(=O)CN(c1ccc(Cl)cc1C)S(=O)(=O)c1ccccc1. The maximum absolute atomic E-state index is 14.6. The predicted octanol–water partition coefficient (Wildman–Crippen LogP) is 7.71. The molecule has 46 heavy (non-hydrogen) atoms. The van der Waals surface area contributed by atoms with E-state index in [0.717, 1.165) is 22.7 Å². The summed E-state index contributed by atoms with van der Waals surface area (Å²) in [4.78, 5) is 29.8. The number of hydrogen-bond acceptors (Lipinski definition) is 4. The minimum atomic E-state index is -4.22. The smallest absolute Gasteiger partial charge is 0.264 e. The van der Waals surface area contributed by atoms with Crippen LogP contribution in [-0.2, 0) is 32.6 Å². The number of benzene rings is 4. The van der Waals surface area contributed by atoms with Gasteiger partial charge in [-0.1, -0.05) is 103 Å². The van der Waals surface area contributed by atoms with E-state index in [4.69, 9.17) is 34.8 Å². The number of anilines is 1. The van der Waals surface area contributed by atoms with Crippen molar-refractivity contribution < 1.29 is 18.0 Å². The third kappa shape index (κ3) is 9.04. The van der Waals surface area contributed by atoms with Crippen molar-refractivity contribution in [2.24, 2.45) is 0 Å². The zero-order valence-electron chi connectivity index (χ0n) is 25.6. The van der Waals surface area contributed by atoms with Crippen molar-refractivity contribution in [1.29, 1.82) is 0 Å². The Hall–Kier alpha value is -3.56. The van der Waals surface area contributed by atoms with E-state index in [9.17, 15) is 18.0 Å². The Kier molecular flexibility index (Phi) is 12.5. The lowest BCUT2D eigenvalue weighted by Crippen LogP contribution is -2.53. The average molecular weight is 701 g/mol. The highest BCUT2D eigenvalue weighted by atomic mass is 35.5. The number of sulfonamides is 1. The summed E-state index contributed by atoms with van der Waals surface area (Å²) in [5.74, 6) is -0.919. The Balaban J connectivity index is 1.82. The van der Waals surface area contributed by atoms with E-state index in [1.807, 2.05) is 37.3 Å². The second-order valence-corrected chi connectivity index (χ2v) is 14.0. The Labute approximate surface area is 286 Å². The summed E-state index contributed by atoms with van der Waals surface area (Å²) >= 11 is 18.7. The molecule has 7 nitrogen and oxygen atoms in total. The molecule has 0 radical (unpaired) electrons. The van der Waals surface area contributed by atoms with Crippen LogP contribution >= 0.6 is 34.8 Å². The van der Waals surface area contributed by atoms with Gasteiger partial charge in [0, 0.05) is 24.5 Å². The average Bonchev–Trinajstić information content (AvgIpc) is 3.04. The first-order chi connectivity index (χ1) is 22.0. The molecule has 11 heteroatoms. The number of nitrogens with zero attached hydrogens (tertiary/aromatic N) is 2. The Bertz CT molecular complexity index is 1760. The van der Waals surface area contributed by atoms with E-state index in [2.05, 4.69) is 5.32 Å². The largest absolute Gasteiger partial charge is 0.354 e. The fourth-order valence-electron chi connectivity index (χ4n) is 5.03. The highest BCUT2D eigenvalue weighted by Gasteiger charge is 2.35. The fourth-order valence-corrected chi connectivity index (χ4v) is 7.07. The summed E-state index contributed by atoms with van der Waals surface area (Å²) in [6.07, 6.45) is 1.85. The van der Waals surface area contributed by atoms with Gasteiger partial charge >= 0.3 is 0 Å². The zero-order valence-corrected chi connectivity index (χ0v) is 28.7. The summed E-state index contributed by atoms with van der Waals surface area (Å²) in [6, 6.07) is 26.1. The van der Waals surface area contributed by atoms with Gasteiger partial charge in [0.2, 0.25) is 11.8 Å². The number of aryl methyl sites for hydroxylation is 1. The maximum atomic E-state index is 14.6. The van der Waals surface area contributed by atoms with Gasteiger partial charge in [-0.15, -0.1) is 0 Å². The molecule has 0 unspecified atom stereocenters. The Morgan fingerprint density at radius 2 is 1.50 bits per heavy atom. The number of amides is 2. The summed E-state index contributed by atoms with van der Waals surface area (Å²) < 4.78 is 29.4. The molecule has 0 aromatic heterocycles. The van der Waals surface area contributed by atoms with Crippen molar-refractivity contribution in [3.63, 3.8) is 0 Å². The van der Waals surface area contributed by atoms with Gasteiger partial charge in [-0.25, -0.2) is 8.42 Å². The molecule has 0 saturated heterocycles. The van der Waals surface area contributed by atoms with Crippen LogP contribution in [0.3, 0.4) is 0 Å². The van der Waals surface area contributed by atoms with Gasteiger partial charge in [0.1, 0.15) is 12.6 Å². The minimum Gasteiger partial charge on any atom is -0.354 e. The molecule has 4 rings (SSSR count). The molecule has 1 N–H and O–H groups in total. The number of hydrogen-bond donors (Lipinski definition) is 1. The highest BCUT2D eigenvalue weighted by Crippen LogP contribution is 2.30. The number of nitrogens with one attached hydrogen (secondary N) is 1. The van der Waals surface area contributed by atoms with Gasteiger partial charge in [-0.05, 0) is 72.5 Å². The van der Waals surface area contributed by atoms with Crippen molar-refractivity contribution in [2.75, 3.05) is 17.4 Å². The van der Waals surface area contributed by atoms with Crippen LogP contribution in [0.25, 0.3) is 0 Å². The second kappa shape index (κ2) is 16.3. The van der Waals surface area contributed by atoms with E-state index in [0.29, 0.717) is 38.4 Å². The van der Waals surface area contributed by atoms with Gasteiger partial charge < -0.3 is 10.2 Å². The fraction of sp³-hybridized carbons (Fsp3) is 0.257. The van der Waals surface area contributed by atoms with Crippen LogP contribution in [0.1, 0.15) is 36.5 Å². The molecular weight excluding hydrogens is 665 g/mol. The number of carbonyl (C=O) groups is 2. The second-order valence-electron chi connectivity index (χ2n) is 10.9. The normalized spacial score (nSPS) is 11.9. The molecule has 242 valence electrons. The lowest BCUT2D eigenvalue weighted by molar-refractivity contribution is -0.140. The van der Waals surface area contributed by atoms with Crippen molar-refractivity contribution >= 4 is 62.3 Å². The van der Waals surface area contributed by atoms with Crippen LogP contribution in [0.2, 0.25) is 15.1 Å². The molecule has 0 saturated carbocycles. The molecule has 4 aromatic rings. The summed E-state index contributed by atoms with van der Waals surface area (Å²) in [5.41, 5.74) is 2.33. The Morgan fingerprint density at radius 1 is 0.826 bits per heavy atom. The van der Waals surface area contributed by atoms with Crippen LogP contribution in [-0.4, -0.2) is 44.3 Å². The standard InChI is InChI=1S/C35H36Cl3N3O4S/c1-3-4-19-39-35(43)33(22-26-11-7-5-8-12-26)40(23-27-15-17-30(37)31(38)21-27)34(42)24-41(32-18-16-28(36)20-25(32)2)46(44,45)29-13-9-6-10-14-29/h5-18,20-21,33H,3-4,19,22-24H2,1-2H3,(H,39,43)/t33-/m1/s1. The van der Waals surface area contributed by atoms with Gasteiger partial charge in [0.05, 0.1) is 20.6 Å². The third-order valence-electron chi connectivity index (χ3n) is 7.48. The Morgan fingerprint density at radius 3 is 2.13 bits per heavy atom. The van der Waals surface area contributed by atoms with E-state index in [1.54, 1.807) is 61.5 Å². The molecule has 0 aliphatic rings. The molecule has 4 aromatic carbocycles. The van der Waals surface area contributed by atoms with Crippen LogP contribution in [0.15, 0.2) is 102 Å². The van der Waals surface area contributed by atoms with E-state index >= 15 is 0 Å². The van der Waals surface area contributed by atoms with E-state index in [1.165, 1.54) is 17.0 Å². The molecule has 0 spiro atoms. The van der Waals surface area contributed by atoms with Crippen molar-refractivity contribution in [2.45, 2.75) is 50.6 Å². The van der Waals surface area contributed by atoms with Crippen molar-refractivity contribution in [3.05, 3.63) is 129 Å². The first kappa shape index (κ1) is 35.3. The lowest BCUT2D eigenvalue weighted by atomic mass is 10.0. The number of unbranched alkanes of at least 4 members (excludes halogenated alkanes) is 1.